The Morgan fingerprint density at radius 2 is 2.23 bits per heavy atom. The van der Waals surface area contributed by atoms with Crippen LogP contribution in [0.3, 0.4) is 0 Å². The van der Waals surface area contributed by atoms with Crippen LogP contribution in [0.2, 0.25) is 0 Å². The van der Waals surface area contributed by atoms with Gasteiger partial charge in [-0.05, 0) is 12.8 Å². The van der Waals surface area contributed by atoms with Crippen LogP contribution in [0.25, 0.3) is 10.2 Å². The van der Waals surface area contributed by atoms with Crippen molar-refractivity contribution in [2.45, 2.75) is 19.0 Å². The summed E-state index contributed by atoms with van der Waals surface area (Å²) in [5.74, 6) is -0.986. The molecule has 3 heterocycles. The van der Waals surface area contributed by atoms with E-state index >= 15 is 0 Å². The first-order valence-corrected chi connectivity index (χ1v) is 7.62. The van der Waals surface area contributed by atoms with Crippen molar-refractivity contribution in [3.63, 3.8) is 0 Å². The lowest BCUT2D eigenvalue weighted by Crippen LogP contribution is -2.41. The Morgan fingerprint density at radius 3 is 2.91 bits per heavy atom. The van der Waals surface area contributed by atoms with Gasteiger partial charge in [-0.1, -0.05) is 11.3 Å². The Morgan fingerprint density at radius 1 is 1.45 bits per heavy atom. The van der Waals surface area contributed by atoms with Crippen molar-refractivity contribution >= 4 is 32.4 Å². The number of nitrogens with zero attached hydrogens (tertiary/aromatic N) is 3. The topological polar surface area (TPSA) is 64.3 Å². The summed E-state index contributed by atoms with van der Waals surface area (Å²) in [6, 6.07) is 0. The second kappa shape index (κ2) is 5.45. The third kappa shape index (κ3) is 2.65. The highest BCUT2D eigenvalue weighted by Gasteiger charge is 2.42. The highest BCUT2D eigenvalue weighted by molar-refractivity contribution is 7.22. The number of hydrogen-bond acceptors (Lipinski definition) is 6. The molecule has 1 aliphatic rings. The zero-order chi connectivity index (χ0) is 15.9. The zero-order valence-electron chi connectivity index (χ0n) is 11.9. The molecule has 120 valence electrons. The third-order valence-corrected chi connectivity index (χ3v) is 4.71. The quantitative estimate of drug-likeness (QED) is 0.916. The molecule has 0 amide bonds. The molecule has 0 saturated carbocycles. The van der Waals surface area contributed by atoms with Crippen molar-refractivity contribution in [1.29, 1.82) is 0 Å². The van der Waals surface area contributed by atoms with Gasteiger partial charge in [-0.25, -0.2) is 9.97 Å². The molecule has 1 unspecified atom stereocenters. The second-order valence-corrected chi connectivity index (χ2v) is 6.24. The van der Waals surface area contributed by atoms with Crippen molar-refractivity contribution < 1.29 is 17.9 Å². The number of thiazole rings is 1. The van der Waals surface area contributed by atoms with E-state index in [-0.39, 0.29) is 13.0 Å². The van der Waals surface area contributed by atoms with Gasteiger partial charge in [0, 0.05) is 13.1 Å². The van der Waals surface area contributed by atoms with Gasteiger partial charge in [-0.3, -0.25) is 0 Å². The predicted octanol–water partition coefficient (Wildman–Crippen LogP) is 3.06. The molecule has 2 N–H and O–H groups in total. The number of piperidine rings is 1. The lowest BCUT2D eigenvalue weighted by molar-refractivity contribution is -0.175. The molecule has 1 aliphatic heterocycles. The van der Waals surface area contributed by atoms with Gasteiger partial charge in [0.25, 0.3) is 0 Å². The summed E-state index contributed by atoms with van der Waals surface area (Å²) in [4.78, 5) is 10.0. The van der Waals surface area contributed by atoms with Crippen LogP contribution in [0.15, 0.2) is 6.20 Å². The van der Waals surface area contributed by atoms with E-state index in [9.17, 15) is 13.2 Å². The molecule has 1 atom stereocenters. The number of ether oxygens (including phenoxy) is 1. The van der Waals surface area contributed by atoms with Crippen molar-refractivity contribution in [3.05, 3.63) is 6.20 Å². The summed E-state index contributed by atoms with van der Waals surface area (Å²) in [6.45, 7) is 0.498. The number of aromatic nitrogens is 2. The molecule has 9 heteroatoms. The van der Waals surface area contributed by atoms with Crippen LogP contribution in [0.4, 0.5) is 24.0 Å². The fourth-order valence-electron chi connectivity index (χ4n) is 2.73. The number of pyridine rings is 1. The number of nitrogens with two attached hydrogens (primary N) is 1. The molecule has 0 bridgehead atoms. The van der Waals surface area contributed by atoms with Crippen LogP contribution < -0.4 is 15.4 Å². The molecule has 0 radical (unpaired) electrons. The Bertz CT molecular complexity index is 688. The summed E-state index contributed by atoms with van der Waals surface area (Å²) in [6.07, 6.45) is -1.98. The molecule has 0 aliphatic carbocycles. The smallest absolute Gasteiger partial charge is 0.393 e. The minimum atomic E-state index is -4.18. The van der Waals surface area contributed by atoms with E-state index in [1.165, 1.54) is 24.6 Å². The Labute approximate surface area is 128 Å². The lowest BCUT2D eigenvalue weighted by Gasteiger charge is -2.35. The van der Waals surface area contributed by atoms with E-state index in [2.05, 4.69) is 9.97 Å². The van der Waals surface area contributed by atoms with Gasteiger partial charge in [0.05, 0.1) is 29.6 Å². The number of halogens is 3. The maximum absolute atomic E-state index is 13.0. The van der Waals surface area contributed by atoms with Gasteiger partial charge in [0.2, 0.25) is 5.88 Å². The Hall–Kier alpha value is -1.77. The third-order valence-electron chi connectivity index (χ3n) is 3.80. The van der Waals surface area contributed by atoms with E-state index in [0.29, 0.717) is 39.9 Å². The summed E-state index contributed by atoms with van der Waals surface area (Å²) in [5.41, 5.74) is 6.87. The molecule has 1 saturated heterocycles. The summed E-state index contributed by atoms with van der Waals surface area (Å²) in [7, 11) is 1.47. The van der Waals surface area contributed by atoms with Crippen LogP contribution in [0, 0.1) is 5.92 Å². The maximum Gasteiger partial charge on any atom is 0.393 e. The maximum atomic E-state index is 13.0. The largest absolute Gasteiger partial charge is 0.479 e. The number of anilines is 2. The molecule has 22 heavy (non-hydrogen) atoms. The van der Waals surface area contributed by atoms with Crippen LogP contribution in [0.5, 0.6) is 5.88 Å². The highest BCUT2D eigenvalue weighted by Crippen LogP contribution is 2.40. The Kier molecular flexibility index (Phi) is 3.75. The first-order valence-electron chi connectivity index (χ1n) is 6.81. The average molecular weight is 332 g/mol. The molecule has 1 fully saturated rings. The molecule has 5 nitrogen and oxygen atoms in total. The number of nitrogen functional groups attached to an aromatic ring is 1. The summed E-state index contributed by atoms with van der Waals surface area (Å²) >= 11 is 1.23. The van der Waals surface area contributed by atoms with Gasteiger partial charge in [-0.2, -0.15) is 13.2 Å². The van der Waals surface area contributed by atoms with Crippen molar-refractivity contribution in [2.24, 2.45) is 5.92 Å². The number of hydrogen-bond donors (Lipinski definition) is 1. The number of fused-ring (bicyclic) bond motifs is 1. The molecular formula is C13H15F3N4OS. The van der Waals surface area contributed by atoms with Crippen LogP contribution in [-0.2, 0) is 0 Å². The fraction of sp³-hybridized carbons (Fsp3) is 0.538. The molecule has 3 rings (SSSR count). The van der Waals surface area contributed by atoms with E-state index in [0.717, 1.165) is 0 Å². The van der Waals surface area contributed by atoms with Crippen LogP contribution in [0.1, 0.15) is 12.8 Å². The van der Waals surface area contributed by atoms with Gasteiger partial charge < -0.3 is 15.4 Å². The van der Waals surface area contributed by atoms with Crippen molar-refractivity contribution in [1.82, 2.24) is 9.97 Å². The van der Waals surface area contributed by atoms with Crippen molar-refractivity contribution in [3.8, 4) is 5.88 Å². The predicted molar refractivity (Wildman–Crippen MR) is 79.4 cm³/mol. The minimum absolute atomic E-state index is 0.0651. The molecule has 2 aromatic rings. The van der Waals surface area contributed by atoms with Gasteiger partial charge in [-0.15, -0.1) is 0 Å². The first kappa shape index (κ1) is 15.1. The van der Waals surface area contributed by atoms with E-state index in [1.807, 2.05) is 0 Å². The normalized spacial score (nSPS) is 19.6. The van der Waals surface area contributed by atoms with Crippen LogP contribution in [-0.4, -0.2) is 36.3 Å². The average Bonchev–Trinajstić information content (AvgIpc) is 2.86. The molecule has 0 spiro atoms. The first-order chi connectivity index (χ1) is 10.4. The zero-order valence-corrected chi connectivity index (χ0v) is 12.7. The van der Waals surface area contributed by atoms with E-state index < -0.39 is 12.1 Å². The van der Waals surface area contributed by atoms with Gasteiger partial charge in [0.15, 0.2) is 5.13 Å². The SMILES string of the molecule is COc1ncc(N2CCCC(C(F)(F)F)C2)c2sc(N)nc12. The second-order valence-electron chi connectivity index (χ2n) is 5.21. The van der Waals surface area contributed by atoms with Crippen LogP contribution >= 0.6 is 11.3 Å². The summed E-state index contributed by atoms with van der Waals surface area (Å²) < 4.78 is 44.8. The lowest BCUT2D eigenvalue weighted by atomic mass is 9.97. The number of rotatable bonds is 2. The van der Waals surface area contributed by atoms with E-state index in [1.54, 1.807) is 4.90 Å². The van der Waals surface area contributed by atoms with Crippen molar-refractivity contribution in [2.75, 3.05) is 30.8 Å². The molecule has 0 aromatic carbocycles. The van der Waals surface area contributed by atoms with E-state index in [4.69, 9.17) is 10.5 Å². The highest BCUT2D eigenvalue weighted by atomic mass is 32.1. The molecule has 2 aromatic heterocycles. The summed E-state index contributed by atoms with van der Waals surface area (Å²) in [5, 5.41) is 0.340. The minimum Gasteiger partial charge on any atom is -0.479 e. The monoisotopic (exact) mass is 332 g/mol. The standard InChI is InChI=1S/C13H15F3N4OS/c1-21-11-9-10(22-12(17)19-9)8(5-18-11)20-4-2-3-7(6-20)13(14,15)16/h5,7H,2-4,6H2,1H3,(H2,17,19). The number of alkyl halides is 3. The van der Waals surface area contributed by atoms with Gasteiger partial charge >= 0.3 is 6.18 Å². The van der Waals surface area contributed by atoms with Gasteiger partial charge in [0.1, 0.15) is 5.52 Å². The fourth-order valence-corrected chi connectivity index (χ4v) is 3.59. The number of methoxy groups -OCH3 is 1. The molecular weight excluding hydrogens is 317 g/mol. The Balaban J connectivity index is 1.99.